The molecule has 0 aromatic carbocycles. The average molecular weight is 422 g/mol. The van der Waals surface area contributed by atoms with Crippen molar-refractivity contribution in [1.29, 1.82) is 0 Å². The van der Waals surface area contributed by atoms with E-state index in [1.54, 1.807) is 22.6 Å². The number of rotatable bonds is 4. The summed E-state index contributed by atoms with van der Waals surface area (Å²) in [4.78, 5) is 48.5. The summed E-state index contributed by atoms with van der Waals surface area (Å²) in [6, 6.07) is 0. The van der Waals surface area contributed by atoms with E-state index in [4.69, 9.17) is 4.74 Å². The lowest BCUT2D eigenvalue weighted by molar-refractivity contribution is -0.139. The first-order valence-electron chi connectivity index (χ1n) is 6.57. The van der Waals surface area contributed by atoms with E-state index < -0.39 is 41.4 Å². The molecular formula is C13H15IN2O6. The van der Waals surface area contributed by atoms with Crippen LogP contribution in [0, 0.1) is 9.49 Å². The molecular weight excluding hydrogens is 407 g/mol. The third-order valence-electron chi connectivity index (χ3n) is 3.65. The zero-order valence-electron chi connectivity index (χ0n) is 11.9. The van der Waals surface area contributed by atoms with Crippen LogP contribution in [0.25, 0.3) is 0 Å². The van der Waals surface area contributed by atoms with Crippen LogP contribution in [-0.2, 0) is 14.3 Å². The van der Waals surface area contributed by atoms with Crippen LogP contribution in [-0.4, -0.2) is 38.4 Å². The van der Waals surface area contributed by atoms with Gasteiger partial charge in [0.15, 0.2) is 5.78 Å². The highest BCUT2D eigenvalue weighted by molar-refractivity contribution is 14.1. The molecule has 0 bridgehead atoms. The van der Waals surface area contributed by atoms with Crippen LogP contribution in [0.2, 0.25) is 0 Å². The monoisotopic (exact) mass is 422 g/mol. The molecule has 1 aliphatic heterocycles. The highest BCUT2D eigenvalue weighted by atomic mass is 127. The molecule has 2 heterocycles. The lowest BCUT2D eigenvalue weighted by atomic mass is 9.92. The van der Waals surface area contributed by atoms with Crippen molar-refractivity contribution in [3.8, 4) is 0 Å². The number of hydrogen-bond acceptors (Lipinski definition) is 6. The number of Topliss-reactive ketones (excluding diaryl/α,β-unsaturated/α-hetero) is 2. The van der Waals surface area contributed by atoms with Gasteiger partial charge in [-0.25, -0.2) is 4.79 Å². The molecule has 4 atom stereocenters. The van der Waals surface area contributed by atoms with Crippen LogP contribution in [0.4, 0.5) is 0 Å². The second-order valence-corrected chi connectivity index (χ2v) is 6.37. The zero-order valence-corrected chi connectivity index (χ0v) is 14.1. The summed E-state index contributed by atoms with van der Waals surface area (Å²) < 4.78 is 7.01. The molecule has 1 fully saturated rings. The van der Waals surface area contributed by atoms with Crippen molar-refractivity contribution in [3.05, 3.63) is 30.6 Å². The third-order valence-corrected chi connectivity index (χ3v) is 4.42. The molecule has 2 unspecified atom stereocenters. The second kappa shape index (κ2) is 6.42. The topological polar surface area (TPSA) is 118 Å². The maximum Gasteiger partial charge on any atom is 0.330 e. The fourth-order valence-electron chi connectivity index (χ4n) is 2.46. The van der Waals surface area contributed by atoms with Crippen LogP contribution >= 0.6 is 22.6 Å². The Morgan fingerprint density at radius 3 is 2.64 bits per heavy atom. The number of halogens is 1. The summed E-state index contributed by atoms with van der Waals surface area (Å²) in [6.07, 6.45) is -1.79. The first-order chi connectivity index (χ1) is 10.2. The standard InChI is InChI=1S/C13H15IN2O6/c1-5(17)7-3-9(22-11(7)10(19)6(2)18)16-4-8(14)12(20)15-13(16)21/h4,7,9-11,19H,3H2,1-2H3,(H,15,20,21)/t7?,9-,10?,11+/m1/s1. The highest BCUT2D eigenvalue weighted by Gasteiger charge is 2.44. The number of carbonyl (C=O) groups is 2. The Kier molecular flexibility index (Phi) is 4.97. The Hall–Kier alpha value is -1.33. The Morgan fingerprint density at radius 1 is 1.45 bits per heavy atom. The van der Waals surface area contributed by atoms with Gasteiger partial charge in [0, 0.05) is 12.6 Å². The van der Waals surface area contributed by atoms with E-state index in [2.05, 4.69) is 4.98 Å². The summed E-state index contributed by atoms with van der Waals surface area (Å²) in [5, 5.41) is 9.90. The molecule has 2 N–H and O–H groups in total. The fraction of sp³-hybridized carbons (Fsp3) is 0.538. The maximum absolute atomic E-state index is 11.9. The van der Waals surface area contributed by atoms with Gasteiger partial charge in [-0.15, -0.1) is 0 Å². The van der Waals surface area contributed by atoms with Crippen molar-refractivity contribution in [2.45, 2.75) is 38.7 Å². The summed E-state index contributed by atoms with van der Waals surface area (Å²) in [6.45, 7) is 2.54. The van der Waals surface area contributed by atoms with Gasteiger partial charge in [0.05, 0.1) is 9.49 Å². The number of aromatic amines is 1. The van der Waals surface area contributed by atoms with Crippen LogP contribution in [0.15, 0.2) is 15.8 Å². The normalized spacial score (nSPS) is 25.9. The van der Waals surface area contributed by atoms with E-state index in [1.165, 1.54) is 20.0 Å². The van der Waals surface area contributed by atoms with Gasteiger partial charge in [-0.3, -0.25) is 23.9 Å². The van der Waals surface area contributed by atoms with E-state index in [-0.39, 0.29) is 15.8 Å². The van der Waals surface area contributed by atoms with Crippen molar-refractivity contribution in [1.82, 2.24) is 9.55 Å². The zero-order chi connectivity index (χ0) is 16.6. The molecule has 22 heavy (non-hydrogen) atoms. The Morgan fingerprint density at radius 2 is 2.09 bits per heavy atom. The highest BCUT2D eigenvalue weighted by Crippen LogP contribution is 2.35. The summed E-state index contributed by atoms with van der Waals surface area (Å²) >= 11 is 1.77. The van der Waals surface area contributed by atoms with Crippen molar-refractivity contribution < 1.29 is 19.4 Å². The van der Waals surface area contributed by atoms with Gasteiger partial charge in [-0.05, 0) is 36.4 Å². The molecule has 1 aromatic heterocycles. The fourth-order valence-corrected chi connectivity index (χ4v) is 2.89. The van der Waals surface area contributed by atoms with Gasteiger partial charge < -0.3 is 9.84 Å². The van der Waals surface area contributed by atoms with Crippen molar-refractivity contribution in [3.63, 3.8) is 0 Å². The number of aliphatic hydroxyl groups is 1. The molecule has 8 nitrogen and oxygen atoms in total. The lowest BCUT2D eigenvalue weighted by Gasteiger charge is -2.20. The molecule has 1 aromatic rings. The number of carbonyl (C=O) groups excluding carboxylic acids is 2. The number of aromatic nitrogens is 2. The van der Waals surface area contributed by atoms with Crippen LogP contribution < -0.4 is 11.2 Å². The number of aliphatic hydroxyl groups excluding tert-OH is 1. The Balaban J connectivity index is 2.38. The minimum Gasteiger partial charge on any atom is -0.383 e. The summed E-state index contributed by atoms with van der Waals surface area (Å²) in [7, 11) is 0. The number of H-pyrrole nitrogens is 1. The number of hydrogen-bond donors (Lipinski definition) is 2. The van der Waals surface area contributed by atoms with Crippen molar-refractivity contribution in [2.75, 3.05) is 0 Å². The predicted octanol–water partition coefficient (Wildman–Crippen LogP) is -0.416. The summed E-state index contributed by atoms with van der Waals surface area (Å²) in [5.74, 6) is -1.44. The van der Waals surface area contributed by atoms with Crippen LogP contribution in [0.3, 0.4) is 0 Å². The molecule has 9 heteroatoms. The predicted molar refractivity (Wildman–Crippen MR) is 83.4 cm³/mol. The minimum absolute atomic E-state index is 0.145. The molecule has 1 saturated heterocycles. The van der Waals surface area contributed by atoms with Crippen molar-refractivity contribution in [2.24, 2.45) is 5.92 Å². The molecule has 120 valence electrons. The summed E-state index contributed by atoms with van der Waals surface area (Å²) in [5.41, 5.74) is -1.18. The van der Waals surface area contributed by atoms with E-state index in [0.717, 1.165) is 4.57 Å². The molecule has 2 rings (SSSR count). The number of ketones is 2. The molecule has 0 spiro atoms. The third kappa shape index (κ3) is 3.20. The first-order valence-corrected chi connectivity index (χ1v) is 7.65. The van der Waals surface area contributed by atoms with Gasteiger partial charge in [-0.1, -0.05) is 0 Å². The lowest BCUT2D eigenvalue weighted by Crippen LogP contribution is -2.39. The van der Waals surface area contributed by atoms with Crippen LogP contribution in [0.1, 0.15) is 26.5 Å². The molecule has 0 radical (unpaired) electrons. The van der Waals surface area contributed by atoms with Gasteiger partial charge in [0.2, 0.25) is 0 Å². The van der Waals surface area contributed by atoms with Gasteiger partial charge in [0.25, 0.3) is 5.56 Å². The molecule has 1 aliphatic rings. The van der Waals surface area contributed by atoms with Gasteiger partial charge in [-0.2, -0.15) is 0 Å². The number of nitrogens with zero attached hydrogens (tertiary/aromatic N) is 1. The average Bonchev–Trinajstić information content (AvgIpc) is 2.86. The quantitative estimate of drug-likeness (QED) is 0.637. The smallest absolute Gasteiger partial charge is 0.330 e. The van der Waals surface area contributed by atoms with Crippen molar-refractivity contribution >= 4 is 34.2 Å². The first kappa shape index (κ1) is 17.0. The Bertz CT molecular complexity index is 724. The van der Waals surface area contributed by atoms with Gasteiger partial charge in [0.1, 0.15) is 24.2 Å². The van der Waals surface area contributed by atoms with Crippen LogP contribution in [0.5, 0.6) is 0 Å². The van der Waals surface area contributed by atoms with E-state index >= 15 is 0 Å². The SMILES string of the molecule is CC(=O)C(O)[C@H]1O[C@@H](n2cc(I)c(=O)[nH]c2=O)CC1C(C)=O. The minimum atomic E-state index is -1.43. The second-order valence-electron chi connectivity index (χ2n) is 5.21. The van der Waals surface area contributed by atoms with Gasteiger partial charge >= 0.3 is 5.69 Å². The Labute approximate surface area is 138 Å². The molecule has 0 saturated carbocycles. The largest absolute Gasteiger partial charge is 0.383 e. The number of nitrogens with one attached hydrogen (secondary N) is 1. The van der Waals surface area contributed by atoms with E-state index in [9.17, 15) is 24.3 Å². The van der Waals surface area contributed by atoms with E-state index in [0.29, 0.717) is 0 Å². The maximum atomic E-state index is 11.9. The molecule has 0 aliphatic carbocycles. The number of ether oxygens (including phenoxy) is 1. The molecule has 0 amide bonds. The van der Waals surface area contributed by atoms with E-state index in [1.807, 2.05) is 0 Å².